The van der Waals surface area contributed by atoms with Crippen LogP contribution in [0.4, 0.5) is 0 Å². The Hall–Kier alpha value is -3.83. The van der Waals surface area contributed by atoms with Gasteiger partial charge in [0.25, 0.3) is 11.5 Å². The van der Waals surface area contributed by atoms with Crippen LogP contribution in [0.15, 0.2) is 51.5 Å². The first-order valence-corrected chi connectivity index (χ1v) is 14.6. The van der Waals surface area contributed by atoms with Gasteiger partial charge in [-0.3, -0.25) is 14.2 Å². The van der Waals surface area contributed by atoms with Crippen molar-refractivity contribution in [2.24, 2.45) is 5.10 Å². The normalized spacial score (nSPS) is 12.9. The first-order chi connectivity index (χ1) is 19.4. The number of benzene rings is 2. The third-order valence-electron chi connectivity index (χ3n) is 6.72. The van der Waals surface area contributed by atoms with Crippen LogP contribution in [0.2, 0.25) is 0 Å². The third kappa shape index (κ3) is 5.57. The van der Waals surface area contributed by atoms with E-state index in [1.807, 2.05) is 31.2 Å². The highest BCUT2D eigenvalue weighted by molar-refractivity contribution is 7.99. The first kappa shape index (κ1) is 27.7. The van der Waals surface area contributed by atoms with Crippen molar-refractivity contribution in [3.63, 3.8) is 0 Å². The average molecular weight is 579 g/mol. The average Bonchev–Trinajstić information content (AvgIpc) is 3.35. The summed E-state index contributed by atoms with van der Waals surface area (Å²) in [5, 5.41) is 5.28. The Kier molecular flexibility index (Phi) is 8.41. The van der Waals surface area contributed by atoms with Gasteiger partial charge in [0, 0.05) is 17.0 Å². The standard InChI is InChI=1S/C29H30N4O5S2/c1-17-9-11-18(12-10-17)33-28(35)26-20-7-5-6-8-24(20)40-27(26)31-29(33)39-16-25(34)32-30-15-21-22(37-3)13-19(36-2)14-23(21)38-4/h9-15H,5-8,16H2,1-4H3,(H,32,34). The lowest BCUT2D eigenvalue weighted by Crippen LogP contribution is -2.24. The van der Waals surface area contributed by atoms with Crippen LogP contribution in [0.1, 0.15) is 34.4 Å². The predicted octanol–water partition coefficient (Wildman–Crippen LogP) is 4.90. The summed E-state index contributed by atoms with van der Waals surface area (Å²) in [6, 6.07) is 11.2. The third-order valence-corrected chi connectivity index (χ3v) is 8.84. The predicted molar refractivity (Wildman–Crippen MR) is 159 cm³/mol. The number of rotatable bonds is 9. The maximum Gasteiger partial charge on any atom is 0.267 e. The number of aryl methyl sites for hydroxylation is 3. The number of carbonyl (C=O) groups is 1. The summed E-state index contributed by atoms with van der Waals surface area (Å²) < 4.78 is 17.7. The van der Waals surface area contributed by atoms with Gasteiger partial charge in [-0.15, -0.1) is 11.3 Å². The van der Waals surface area contributed by atoms with Gasteiger partial charge in [0.05, 0.1) is 49.9 Å². The van der Waals surface area contributed by atoms with Gasteiger partial charge >= 0.3 is 0 Å². The maximum atomic E-state index is 13.9. The molecule has 0 saturated heterocycles. The van der Waals surface area contributed by atoms with Crippen LogP contribution in [0, 0.1) is 6.92 Å². The highest BCUT2D eigenvalue weighted by Gasteiger charge is 2.23. The number of hydrazone groups is 1. The van der Waals surface area contributed by atoms with E-state index in [0.717, 1.165) is 47.3 Å². The van der Waals surface area contributed by atoms with Crippen LogP contribution < -0.4 is 25.2 Å². The SMILES string of the molecule is COc1cc(OC)c(C=NNC(=O)CSc2nc3sc4c(c3c(=O)n2-c2ccc(C)cc2)CCCC4)c(OC)c1. The van der Waals surface area contributed by atoms with Gasteiger partial charge in [-0.2, -0.15) is 5.10 Å². The van der Waals surface area contributed by atoms with Crippen molar-refractivity contribution in [1.82, 2.24) is 15.0 Å². The van der Waals surface area contributed by atoms with E-state index in [0.29, 0.717) is 33.4 Å². The van der Waals surface area contributed by atoms with E-state index >= 15 is 0 Å². The molecule has 1 aliphatic carbocycles. The summed E-state index contributed by atoms with van der Waals surface area (Å²) in [6.07, 6.45) is 5.54. The molecule has 40 heavy (non-hydrogen) atoms. The number of fused-ring (bicyclic) bond motifs is 3. The minimum atomic E-state index is -0.344. The monoisotopic (exact) mass is 578 g/mol. The number of thioether (sulfide) groups is 1. The minimum absolute atomic E-state index is 0.0170. The molecule has 0 fully saturated rings. The van der Waals surface area contributed by atoms with Gasteiger partial charge in [-0.05, 0) is 50.3 Å². The number of carbonyl (C=O) groups excluding carboxylic acids is 1. The highest BCUT2D eigenvalue weighted by Crippen LogP contribution is 2.35. The Morgan fingerprint density at radius 1 is 1.10 bits per heavy atom. The molecule has 11 heteroatoms. The quantitative estimate of drug-likeness (QED) is 0.130. The van der Waals surface area contributed by atoms with Crippen LogP contribution in [0.3, 0.4) is 0 Å². The summed E-state index contributed by atoms with van der Waals surface area (Å²) in [4.78, 5) is 33.5. The molecule has 208 valence electrons. The molecule has 2 heterocycles. The van der Waals surface area contributed by atoms with Crippen molar-refractivity contribution >= 4 is 45.4 Å². The molecule has 0 aliphatic heterocycles. The Labute approximate surface area is 240 Å². The molecule has 0 atom stereocenters. The number of hydrogen-bond donors (Lipinski definition) is 1. The van der Waals surface area contributed by atoms with Crippen molar-refractivity contribution in [3.05, 3.63) is 68.3 Å². The topological polar surface area (TPSA) is 104 Å². The molecule has 1 aliphatic rings. The lowest BCUT2D eigenvalue weighted by atomic mass is 9.97. The number of amides is 1. The fraction of sp³-hybridized carbons (Fsp3) is 0.310. The molecule has 0 saturated carbocycles. The van der Waals surface area contributed by atoms with Crippen LogP contribution in [-0.4, -0.2) is 48.8 Å². The Morgan fingerprint density at radius 3 is 2.48 bits per heavy atom. The zero-order chi connectivity index (χ0) is 28.2. The van der Waals surface area contributed by atoms with E-state index in [4.69, 9.17) is 19.2 Å². The van der Waals surface area contributed by atoms with Crippen LogP contribution >= 0.6 is 23.1 Å². The molecule has 0 radical (unpaired) electrons. The van der Waals surface area contributed by atoms with E-state index in [1.165, 1.54) is 37.1 Å². The number of methoxy groups -OCH3 is 3. The summed E-state index contributed by atoms with van der Waals surface area (Å²) in [7, 11) is 4.61. The number of ether oxygens (including phenoxy) is 3. The van der Waals surface area contributed by atoms with Crippen molar-refractivity contribution in [2.45, 2.75) is 37.8 Å². The van der Waals surface area contributed by atoms with Gasteiger partial charge in [0.15, 0.2) is 5.16 Å². The van der Waals surface area contributed by atoms with Gasteiger partial charge in [0.1, 0.15) is 22.1 Å². The second-order valence-corrected chi connectivity index (χ2v) is 11.3. The largest absolute Gasteiger partial charge is 0.496 e. The van der Waals surface area contributed by atoms with E-state index < -0.39 is 0 Å². The molecule has 0 bridgehead atoms. The van der Waals surface area contributed by atoms with Crippen LogP contribution in [-0.2, 0) is 17.6 Å². The molecule has 1 N–H and O–H groups in total. The van der Waals surface area contributed by atoms with Crippen molar-refractivity contribution in [1.29, 1.82) is 0 Å². The molecule has 5 rings (SSSR count). The summed E-state index contributed by atoms with van der Waals surface area (Å²) in [6.45, 7) is 2.00. The summed E-state index contributed by atoms with van der Waals surface area (Å²) >= 11 is 2.80. The summed E-state index contributed by atoms with van der Waals surface area (Å²) in [5.74, 6) is 1.22. The number of hydrogen-bond acceptors (Lipinski definition) is 9. The van der Waals surface area contributed by atoms with Crippen molar-refractivity contribution in [2.75, 3.05) is 27.1 Å². The molecule has 2 aromatic heterocycles. The lowest BCUT2D eigenvalue weighted by molar-refractivity contribution is -0.118. The Balaban J connectivity index is 1.40. The fourth-order valence-corrected chi connectivity index (χ4v) is 6.80. The van der Waals surface area contributed by atoms with Crippen molar-refractivity contribution in [3.8, 4) is 22.9 Å². The Morgan fingerprint density at radius 2 is 1.80 bits per heavy atom. The second kappa shape index (κ2) is 12.1. The van der Waals surface area contributed by atoms with Gasteiger partial charge in [-0.25, -0.2) is 10.4 Å². The molecule has 4 aromatic rings. The molecular weight excluding hydrogens is 548 g/mol. The van der Waals surface area contributed by atoms with Gasteiger partial charge < -0.3 is 14.2 Å². The molecular formula is C29H30N4O5S2. The van der Waals surface area contributed by atoms with E-state index in [-0.39, 0.29) is 17.2 Å². The fourth-order valence-electron chi connectivity index (χ4n) is 4.70. The number of aromatic nitrogens is 2. The lowest BCUT2D eigenvalue weighted by Gasteiger charge is -2.14. The highest BCUT2D eigenvalue weighted by atomic mass is 32.2. The molecule has 1 amide bonds. The van der Waals surface area contributed by atoms with E-state index in [9.17, 15) is 9.59 Å². The summed E-state index contributed by atoms with van der Waals surface area (Å²) in [5.41, 5.74) is 5.96. The molecule has 0 spiro atoms. The smallest absolute Gasteiger partial charge is 0.267 e. The molecule has 0 unspecified atom stereocenters. The molecule has 2 aromatic carbocycles. The van der Waals surface area contributed by atoms with Crippen molar-refractivity contribution < 1.29 is 19.0 Å². The molecule has 9 nitrogen and oxygen atoms in total. The minimum Gasteiger partial charge on any atom is -0.496 e. The number of thiophene rings is 1. The van der Waals surface area contributed by atoms with Crippen LogP contribution in [0.25, 0.3) is 15.9 Å². The number of nitrogens with one attached hydrogen (secondary N) is 1. The van der Waals surface area contributed by atoms with Gasteiger partial charge in [0.2, 0.25) is 0 Å². The zero-order valence-electron chi connectivity index (χ0n) is 22.8. The number of nitrogens with zero attached hydrogens (tertiary/aromatic N) is 3. The zero-order valence-corrected chi connectivity index (χ0v) is 24.4. The van der Waals surface area contributed by atoms with Gasteiger partial charge in [-0.1, -0.05) is 29.5 Å². The maximum absolute atomic E-state index is 13.9. The van der Waals surface area contributed by atoms with E-state index in [1.54, 1.807) is 35.1 Å². The van der Waals surface area contributed by atoms with Crippen LogP contribution in [0.5, 0.6) is 17.2 Å². The second-order valence-electron chi connectivity index (χ2n) is 9.29. The first-order valence-electron chi connectivity index (χ1n) is 12.8. The Bertz CT molecular complexity index is 1620. The van der Waals surface area contributed by atoms with E-state index in [2.05, 4.69) is 10.5 Å².